The summed E-state index contributed by atoms with van der Waals surface area (Å²) in [6.45, 7) is 2.16. The highest BCUT2D eigenvalue weighted by Gasteiger charge is 2.08. The highest BCUT2D eigenvalue weighted by molar-refractivity contribution is 6.34. The van der Waals surface area contributed by atoms with Gasteiger partial charge in [-0.3, -0.25) is 4.68 Å². The van der Waals surface area contributed by atoms with Gasteiger partial charge in [-0.1, -0.05) is 17.7 Å². The average molecular weight is 238 g/mol. The summed E-state index contributed by atoms with van der Waals surface area (Å²) in [6, 6.07) is 6.73. The molecule has 0 saturated carbocycles. The fourth-order valence-corrected chi connectivity index (χ4v) is 1.99. The maximum absolute atomic E-state index is 6.12. The number of likely N-dealkylation sites (N-methyl/N-ethyl adjacent to an activating group) is 1. The van der Waals surface area contributed by atoms with Crippen molar-refractivity contribution in [1.29, 1.82) is 0 Å². The van der Waals surface area contributed by atoms with Crippen LogP contribution < -0.4 is 5.32 Å². The second-order valence-corrected chi connectivity index (χ2v) is 4.52. The Kier molecular flexibility index (Phi) is 3.17. The zero-order valence-electron chi connectivity index (χ0n) is 9.79. The number of hydrogen-bond donors (Lipinski definition) is 1. The van der Waals surface area contributed by atoms with Gasteiger partial charge < -0.3 is 5.32 Å². The van der Waals surface area contributed by atoms with Crippen LogP contribution >= 0.6 is 11.6 Å². The molecule has 1 aromatic carbocycles. The van der Waals surface area contributed by atoms with Crippen LogP contribution in [-0.4, -0.2) is 22.9 Å². The molecule has 0 aliphatic carbocycles. The minimum Gasteiger partial charge on any atom is -0.317 e. The Labute approximate surface area is 100 Å². The van der Waals surface area contributed by atoms with Gasteiger partial charge in [0.15, 0.2) is 0 Å². The van der Waals surface area contributed by atoms with Gasteiger partial charge in [0.2, 0.25) is 0 Å². The highest BCUT2D eigenvalue weighted by Crippen LogP contribution is 2.23. The lowest BCUT2D eigenvalue weighted by molar-refractivity contribution is 0.609. The van der Waals surface area contributed by atoms with Crippen LogP contribution in [0.3, 0.4) is 0 Å². The number of aryl methyl sites for hydroxylation is 1. The topological polar surface area (TPSA) is 29.9 Å². The highest BCUT2D eigenvalue weighted by atomic mass is 35.5. The number of hydrogen-bond acceptors (Lipinski definition) is 2. The molecule has 0 bridgehead atoms. The zero-order chi connectivity index (χ0) is 11.7. The Morgan fingerprint density at radius 1 is 1.50 bits per heavy atom. The third kappa shape index (κ3) is 2.06. The molecule has 3 nitrogen and oxygen atoms in total. The van der Waals surface area contributed by atoms with Crippen LogP contribution in [0.2, 0.25) is 5.15 Å². The summed E-state index contributed by atoms with van der Waals surface area (Å²) in [7, 11) is 3.83. The normalized spacial score (nSPS) is 13.2. The molecule has 0 saturated heterocycles. The van der Waals surface area contributed by atoms with Crippen molar-refractivity contribution in [2.45, 2.75) is 19.4 Å². The van der Waals surface area contributed by atoms with Gasteiger partial charge in [0.05, 0.1) is 5.52 Å². The number of aromatic nitrogens is 2. The lowest BCUT2D eigenvalue weighted by Gasteiger charge is -2.09. The van der Waals surface area contributed by atoms with Crippen LogP contribution in [0.15, 0.2) is 18.2 Å². The zero-order valence-corrected chi connectivity index (χ0v) is 10.5. The summed E-state index contributed by atoms with van der Waals surface area (Å²) < 4.78 is 1.71. The Morgan fingerprint density at radius 2 is 2.25 bits per heavy atom. The van der Waals surface area contributed by atoms with Crippen molar-refractivity contribution in [2.75, 3.05) is 7.05 Å². The van der Waals surface area contributed by atoms with Crippen molar-refractivity contribution in [2.24, 2.45) is 7.05 Å². The summed E-state index contributed by atoms with van der Waals surface area (Å²) in [5, 5.41) is 9.31. The smallest absolute Gasteiger partial charge is 0.134 e. The molecule has 0 radical (unpaired) electrons. The fraction of sp³-hybridized carbons (Fsp3) is 0.417. The van der Waals surface area contributed by atoms with Gasteiger partial charge in [-0.05, 0) is 38.1 Å². The van der Waals surface area contributed by atoms with Crippen molar-refractivity contribution >= 4 is 22.5 Å². The van der Waals surface area contributed by atoms with E-state index >= 15 is 0 Å². The second kappa shape index (κ2) is 4.44. The van der Waals surface area contributed by atoms with E-state index in [1.54, 1.807) is 4.68 Å². The van der Waals surface area contributed by atoms with Gasteiger partial charge in [-0.2, -0.15) is 5.10 Å². The van der Waals surface area contributed by atoms with Crippen LogP contribution in [0.5, 0.6) is 0 Å². The predicted molar refractivity (Wildman–Crippen MR) is 67.9 cm³/mol. The van der Waals surface area contributed by atoms with Gasteiger partial charge in [0.25, 0.3) is 0 Å². The summed E-state index contributed by atoms with van der Waals surface area (Å²) in [5.41, 5.74) is 2.25. The molecule has 0 aliphatic heterocycles. The molecule has 16 heavy (non-hydrogen) atoms. The van der Waals surface area contributed by atoms with E-state index in [9.17, 15) is 0 Å². The standard InChI is InChI=1S/C12H16ClN3/c1-8(14-2)6-9-4-5-10-11(7-9)15-16(3)12(10)13/h4-5,7-8,14H,6H2,1-3H3. The third-order valence-corrected chi connectivity index (χ3v) is 3.31. The molecule has 1 aromatic heterocycles. The first kappa shape index (κ1) is 11.4. The molecule has 0 fully saturated rings. The van der Waals surface area contributed by atoms with Crippen molar-refractivity contribution < 1.29 is 0 Å². The lowest BCUT2D eigenvalue weighted by Crippen LogP contribution is -2.23. The van der Waals surface area contributed by atoms with E-state index in [4.69, 9.17) is 11.6 Å². The van der Waals surface area contributed by atoms with Gasteiger partial charge in [0.1, 0.15) is 5.15 Å². The molecule has 1 unspecified atom stereocenters. The van der Waals surface area contributed by atoms with E-state index in [1.165, 1.54) is 5.56 Å². The number of halogens is 1. The molecule has 4 heteroatoms. The largest absolute Gasteiger partial charge is 0.317 e. The molecule has 1 heterocycles. The lowest BCUT2D eigenvalue weighted by atomic mass is 10.1. The number of nitrogens with one attached hydrogen (secondary N) is 1. The van der Waals surface area contributed by atoms with Gasteiger partial charge in [-0.25, -0.2) is 0 Å². The first-order chi connectivity index (χ1) is 7.61. The fourth-order valence-electron chi connectivity index (χ4n) is 1.80. The predicted octanol–water partition coefficient (Wildman–Crippen LogP) is 2.38. The maximum Gasteiger partial charge on any atom is 0.134 e. The number of benzene rings is 1. The van der Waals surface area contributed by atoms with Crippen molar-refractivity contribution in [3.63, 3.8) is 0 Å². The minimum absolute atomic E-state index is 0.469. The molecule has 86 valence electrons. The van der Waals surface area contributed by atoms with Crippen LogP contribution in [-0.2, 0) is 13.5 Å². The van der Waals surface area contributed by atoms with E-state index < -0.39 is 0 Å². The van der Waals surface area contributed by atoms with Gasteiger partial charge in [-0.15, -0.1) is 0 Å². The molecule has 0 spiro atoms. The Balaban J connectivity index is 2.37. The van der Waals surface area contributed by atoms with Crippen molar-refractivity contribution in [1.82, 2.24) is 15.1 Å². The van der Waals surface area contributed by atoms with E-state index in [1.807, 2.05) is 20.2 Å². The van der Waals surface area contributed by atoms with Gasteiger partial charge >= 0.3 is 0 Å². The first-order valence-corrected chi connectivity index (χ1v) is 5.78. The van der Waals surface area contributed by atoms with Crippen LogP contribution in [0, 0.1) is 0 Å². The van der Waals surface area contributed by atoms with E-state index in [0.717, 1.165) is 17.3 Å². The number of nitrogens with zero attached hydrogens (tertiary/aromatic N) is 2. The Hall–Kier alpha value is -1.06. The summed E-state index contributed by atoms with van der Waals surface area (Å²) in [5.74, 6) is 0. The molecule has 2 aromatic rings. The van der Waals surface area contributed by atoms with Crippen LogP contribution in [0.4, 0.5) is 0 Å². The average Bonchev–Trinajstić information content (AvgIpc) is 2.54. The Bertz CT molecular complexity index is 504. The minimum atomic E-state index is 0.469. The molecule has 0 amide bonds. The molecule has 2 rings (SSSR count). The molecule has 1 N–H and O–H groups in total. The molecular formula is C12H16ClN3. The summed E-state index contributed by atoms with van der Waals surface area (Å²) >= 11 is 6.12. The van der Waals surface area contributed by atoms with Gasteiger partial charge in [0, 0.05) is 18.5 Å². The monoisotopic (exact) mass is 237 g/mol. The van der Waals surface area contributed by atoms with E-state index in [0.29, 0.717) is 11.2 Å². The quantitative estimate of drug-likeness (QED) is 0.889. The SMILES string of the molecule is CNC(C)Cc1ccc2c(Cl)n(C)nc2c1. The molecule has 0 aliphatic rings. The van der Waals surface area contributed by atoms with Crippen molar-refractivity contribution in [3.8, 4) is 0 Å². The van der Waals surface area contributed by atoms with E-state index in [2.05, 4.69) is 29.5 Å². The summed E-state index contributed by atoms with van der Waals surface area (Å²) in [6.07, 6.45) is 1.00. The first-order valence-electron chi connectivity index (χ1n) is 5.40. The number of rotatable bonds is 3. The van der Waals surface area contributed by atoms with E-state index in [-0.39, 0.29) is 0 Å². The summed E-state index contributed by atoms with van der Waals surface area (Å²) in [4.78, 5) is 0. The number of fused-ring (bicyclic) bond motifs is 1. The van der Waals surface area contributed by atoms with Crippen LogP contribution in [0.1, 0.15) is 12.5 Å². The van der Waals surface area contributed by atoms with Crippen LogP contribution in [0.25, 0.3) is 10.9 Å². The second-order valence-electron chi connectivity index (χ2n) is 4.16. The molecule has 1 atom stereocenters. The maximum atomic E-state index is 6.12. The Morgan fingerprint density at radius 3 is 2.94 bits per heavy atom. The third-order valence-electron chi connectivity index (χ3n) is 2.86. The van der Waals surface area contributed by atoms with Crippen molar-refractivity contribution in [3.05, 3.63) is 28.9 Å². The molecular weight excluding hydrogens is 222 g/mol.